The zero-order valence-electron chi connectivity index (χ0n) is 9.41. The van der Waals surface area contributed by atoms with Crippen LogP contribution in [0, 0.1) is 15.0 Å². The SMILES string of the molecule is CCOC(=O)Cc1cc(C(F)F)c(C#N)nc1I. The Kier molecular flexibility index (Phi) is 5.40. The fraction of sp³-hybridized carbons (Fsp3) is 0.364. The van der Waals surface area contributed by atoms with E-state index in [1.807, 2.05) is 0 Å². The van der Waals surface area contributed by atoms with Gasteiger partial charge in [-0.2, -0.15) is 5.26 Å². The molecule has 0 saturated carbocycles. The Morgan fingerprint density at radius 3 is 2.83 bits per heavy atom. The summed E-state index contributed by atoms with van der Waals surface area (Å²) in [5.41, 5.74) is -0.442. The van der Waals surface area contributed by atoms with Crippen LogP contribution in [-0.4, -0.2) is 17.6 Å². The first-order valence-electron chi connectivity index (χ1n) is 5.02. The number of nitrogens with zero attached hydrogens (tertiary/aromatic N) is 2. The highest BCUT2D eigenvalue weighted by atomic mass is 127. The first-order chi connectivity index (χ1) is 8.49. The molecule has 0 unspecified atom stereocenters. The van der Waals surface area contributed by atoms with Crippen molar-refractivity contribution in [2.24, 2.45) is 0 Å². The van der Waals surface area contributed by atoms with Crippen molar-refractivity contribution in [3.05, 3.63) is 26.6 Å². The molecular weight excluding hydrogens is 357 g/mol. The number of carbonyl (C=O) groups is 1. The minimum absolute atomic E-state index is 0.134. The van der Waals surface area contributed by atoms with Crippen LogP contribution < -0.4 is 0 Å². The van der Waals surface area contributed by atoms with E-state index in [0.29, 0.717) is 9.26 Å². The summed E-state index contributed by atoms with van der Waals surface area (Å²) in [6.45, 7) is 1.88. The van der Waals surface area contributed by atoms with Crippen LogP contribution in [0.3, 0.4) is 0 Å². The zero-order chi connectivity index (χ0) is 13.7. The average Bonchev–Trinajstić information content (AvgIpc) is 2.31. The van der Waals surface area contributed by atoms with Gasteiger partial charge < -0.3 is 4.74 Å². The molecule has 0 spiro atoms. The molecule has 1 aromatic rings. The quantitative estimate of drug-likeness (QED) is 0.467. The van der Waals surface area contributed by atoms with Gasteiger partial charge in [0.2, 0.25) is 0 Å². The van der Waals surface area contributed by atoms with Crippen LogP contribution in [-0.2, 0) is 16.0 Å². The molecule has 1 aromatic heterocycles. The standard InChI is InChI=1S/C11H9F2IN2O2/c1-2-18-9(17)4-6-3-7(10(12)13)8(5-15)16-11(6)14/h3,10H,2,4H2,1H3. The third-order valence-corrected chi connectivity index (χ3v) is 2.99. The highest BCUT2D eigenvalue weighted by Gasteiger charge is 2.19. The van der Waals surface area contributed by atoms with Crippen LogP contribution in [0.25, 0.3) is 0 Å². The lowest BCUT2D eigenvalue weighted by atomic mass is 10.1. The van der Waals surface area contributed by atoms with Gasteiger partial charge in [-0.3, -0.25) is 4.79 Å². The molecule has 0 atom stereocenters. The molecule has 4 nitrogen and oxygen atoms in total. The largest absolute Gasteiger partial charge is 0.466 e. The van der Waals surface area contributed by atoms with Crippen LogP contribution in [0.1, 0.15) is 30.2 Å². The van der Waals surface area contributed by atoms with Gasteiger partial charge in [0.25, 0.3) is 6.43 Å². The fourth-order valence-corrected chi connectivity index (χ4v) is 1.89. The van der Waals surface area contributed by atoms with E-state index in [4.69, 9.17) is 10.00 Å². The molecule has 0 aliphatic rings. The first-order valence-corrected chi connectivity index (χ1v) is 6.10. The Morgan fingerprint density at radius 1 is 1.67 bits per heavy atom. The minimum atomic E-state index is -2.80. The molecule has 0 saturated heterocycles. The maximum Gasteiger partial charge on any atom is 0.310 e. The molecule has 0 radical (unpaired) electrons. The van der Waals surface area contributed by atoms with Crippen LogP contribution in [0.5, 0.6) is 0 Å². The second kappa shape index (κ2) is 6.58. The van der Waals surface area contributed by atoms with Crippen molar-refractivity contribution in [1.29, 1.82) is 5.26 Å². The van der Waals surface area contributed by atoms with E-state index in [2.05, 4.69) is 4.98 Å². The van der Waals surface area contributed by atoms with Crippen molar-refractivity contribution < 1.29 is 18.3 Å². The third kappa shape index (κ3) is 3.60. The number of rotatable bonds is 4. The van der Waals surface area contributed by atoms with E-state index in [0.717, 1.165) is 6.07 Å². The fourth-order valence-electron chi connectivity index (χ4n) is 1.30. The Morgan fingerprint density at radius 2 is 2.33 bits per heavy atom. The second-order valence-electron chi connectivity index (χ2n) is 3.27. The molecule has 1 rings (SSSR count). The van der Waals surface area contributed by atoms with E-state index in [1.165, 1.54) is 0 Å². The molecule has 1 heterocycles. The zero-order valence-corrected chi connectivity index (χ0v) is 11.6. The Balaban J connectivity index is 3.10. The molecular formula is C11H9F2IN2O2. The maximum atomic E-state index is 12.7. The number of alkyl halides is 2. The van der Waals surface area contributed by atoms with Gasteiger partial charge in [-0.05, 0) is 41.1 Å². The van der Waals surface area contributed by atoms with Gasteiger partial charge in [0.15, 0.2) is 5.69 Å². The lowest BCUT2D eigenvalue weighted by Crippen LogP contribution is -2.11. The van der Waals surface area contributed by atoms with Crippen LogP contribution in [0.4, 0.5) is 8.78 Å². The summed E-state index contributed by atoms with van der Waals surface area (Å²) in [4.78, 5) is 15.1. The van der Waals surface area contributed by atoms with Crippen molar-refractivity contribution >= 4 is 28.6 Å². The Bertz CT molecular complexity index is 501. The van der Waals surface area contributed by atoms with E-state index in [9.17, 15) is 13.6 Å². The van der Waals surface area contributed by atoms with E-state index >= 15 is 0 Å². The number of ether oxygens (including phenoxy) is 1. The molecule has 0 aromatic carbocycles. The smallest absolute Gasteiger partial charge is 0.310 e. The Hall–Kier alpha value is -1.30. The van der Waals surface area contributed by atoms with E-state index in [1.54, 1.807) is 35.6 Å². The van der Waals surface area contributed by atoms with Crippen molar-refractivity contribution in [2.45, 2.75) is 19.8 Å². The predicted molar refractivity (Wildman–Crippen MR) is 67.0 cm³/mol. The van der Waals surface area contributed by atoms with Crippen molar-refractivity contribution in [2.75, 3.05) is 6.61 Å². The number of pyridine rings is 1. The average molecular weight is 366 g/mol. The molecule has 96 valence electrons. The third-order valence-electron chi connectivity index (χ3n) is 2.06. The van der Waals surface area contributed by atoms with Crippen molar-refractivity contribution in [3.63, 3.8) is 0 Å². The van der Waals surface area contributed by atoms with Gasteiger partial charge in [0.1, 0.15) is 9.77 Å². The van der Waals surface area contributed by atoms with Gasteiger partial charge in [-0.1, -0.05) is 0 Å². The van der Waals surface area contributed by atoms with Gasteiger partial charge in [0, 0.05) is 0 Å². The lowest BCUT2D eigenvalue weighted by Gasteiger charge is -2.08. The number of aromatic nitrogens is 1. The number of nitriles is 1. The lowest BCUT2D eigenvalue weighted by molar-refractivity contribution is -0.142. The molecule has 0 aliphatic carbocycles. The monoisotopic (exact) mass is 366 g/mol. The van der Waals surface area contributed by atoms with Crippen molar-refractivity contribution in [1.82, 2.24) is 4.98 Å². The maximum absolute atomic E-state index is 12.7. The van der Waals surface area contributed by atoms with Crippen molar-refractivity contribution in [3.8, 4) is 6.07 Å². The molecule has 0 amide bonds. The normalized spacial score (nSPS) is 10.2. The Labute approximate surface area is 116 Å². The topological polar surface area (TPSA) is 63.0 Å². The molecule has 0 N–H and O–H groups in total. The number of hydrogen-bond donors (Lipinski definition) is 0. The van der Waals surface area contributed by atoms with Gasteiger partial charge in [-0.15, -0.1) is 0 Å². The first kappa shape index (κ1) is 14.8. The molecule has 0 aliphatic heterocycles. The summed E-state index contributed by atoms with van der Waals surface area (Å²) >= 11 is 1.80. The highest BCUT2D eigenvalue weighted by molar-refractivity contribution is 14.1. The molecule has 18 heavy (non-hydrogen) atoms. The number of hydrogen-bond acceptors (Lipinski definition) is 4. The van der Waals surface area contributed by atoms with Crippen LogP contribution in [0.2, 0.25) is 0 Å². The van der Waals surface area contributed by atoms with Crippen LogP contribution in [0.15, 0.2) is 6.07 Å². The summed E-state index contributed by atoms with van der Waals surface area (Å²) in [6, 6.07) is 2.75. The summed E-state index contributed by atoms with van der Waals surface area (Å²) in [5.74, 6) is -0.512. The van der Waals surface area contributed by atoms with Gasteiger partial charge in [-0.25, -0.2) is 13.8 Å². The number of carbonyl (C=O) groups excluding carboxylic acids is 1. The second-order valence-corrected chi connectivity index (χ2v) is 4.29. The minimum Gasteiger partial charge on any atom is -0.466 e. The predicted octanol–water partition coefficient (Wildman–Crippen LogP) is 2.60. The van der Waals surface area contributed by atoms with Gasteiger partial charge in [0.05, 0.1) is 18.6 Å². The van der Waals surface area contributed by atoms with E-state index in [-0.39, 0.29) is 18.7 Å². The molecule has 0 bridgehead atoms. The number of halogens is 3. The summed E-state index contributed by atoms with van der Waals surface area (Å²) < 4.78 is 30.5. The van der Waals surface area contributed by atoms with Crippen LogP contribution >= 0.6 is 22.6 Å². The molecule has 0 fully saturated rings. The summed E-state index contributed by atoms with van der Waals surface area (Å²) in [6.07, 6.45) is -2.94. The number of esters is 1. The summed E-state index contributed by atoms with van der Waals surface area (Å²) in [5, 5.41) is 8.71. The molecule has 7 heteroatoms. The summed E-state index contributed by atoms with van der Waals surface area (Å²) in [7, 11) is 0. The van der Waals surface area contributed by atoms with Gasteiger partial charge >= 0.3 is 5.97 Å². The van der Waals surface area contributed by atoms with E-state index < -0.39 is 18.0 Å². The highest BCUT2D eigenvalue weighted by Crippen LogP contribution is 2.25.